The van der Waals surface area contributed by atoms with Crippen molar-refractivity contribution in [3.63, 3.8) is 0 Å². The highest BCUT2D eigenvalue weighted by Gasteiger charge is 2.16. The summed E-state index contributed by atoms with van der Waals surface area (Å²) < 4.78 is 14.9. The molecule has 0 fully saturated rings. The number of aromatic nitrogens is 4. The number of nitrogens with zero attached hydrogens (tertiary/aromatic N) is 4. The van der Waals surface area contributed by atoms with Gasteiger partial charge in [0.1, 0.15) is 5.82 Å². The molecule has 0 bridgehead atoms. The highest BCUT2D eigenvalue weighted by atomic mass is 35.5. The molecule has 0 saturated heterocycles. The van der Waals surface area contributed by atoms with Crippen molar-refractivity contribution in [1.29, 1.82) is 0 Å². The third kappa shape index (κ3) is 2.45. The van der Waals surface area contributed by atoms with Crippen molar-refractivity contribution in [2.45, 2.75) is 6.54 Å². The van der Waals surface area contributed by atoms with Gasteiger partial charge in [0.05, 0.1) is 17.1 Å². The molecular formula is C10H9ClFN5O. The van der Waals surface area contributed by atoms with Crippen LogP contribution in [0, 0.1) is 5.82 Å². The van der Waals surface area contributed by atoms with E-state index in [4.69, 9.17) is 11.6 Å². The molecule has 0 aliphatic carbocycles. The summed E-state index contributed by atoms with van der Waals surface area (Å²) in [6.07, 6.45) is 0. The lowest BCUT2D eigenvalue weighted by atomic mass is 10.2. The van der Waals surface area contributed by atoms with Gasteiger partial charge in [0.2, 0.25) is 0 Å². The van der Waals surface area contributed by atoms with E-state index in [-0.39, 0.29) is 17.1 Å². The summed E-state index contributed by atoms with van der Waals surface area (Å²) in [7, 11) is 1.64. The number of aryl methyl sites for hydroxylation is 1. The van der Waals surface area contributed by atoms with E-state index >= 15 is 0 Å². The first-order valence-corrected chi connectivity index (χ1v) is 5.41. The van der Waals surface area contributed by atoms with Crippen LogP contribution in [0.3, 0.4) is 0 Å². The van der Waals surface area contributed by atoms with Crippen molar-refractivity contribution in [3.8, 4) is 0 Å². The van der Waals surface area contributed by atoms with Crippen LogP contribution in [-0.4, -0.2) is 26.1 Å². The molecule has 0 radical (unpaired) electrons. The molecule has 1 heterocycles. The predicted molar refractivity (Wildman–Crippen MR) is 61.4 cm³/mol. The van der Waals surface area contributed by atoms with Crippen molar-refractivity contribution in [2.24, 2.45) is 7.05 Å². The van der Waals surface area contributed by atoms with Crippen LogP contribution in [0.1, 0.15) is 16.2 Å². The van der Waals surface area contributed by atoms with Gasteiger partial charge in [0, 0.05) is 7.05 Å². The van der Waals surface area contributed by atoms with E-state index in [1.54, 1.807) is 7.05 Å². The summed E-state index contributed by atoms with van der Waals surface area (Å²) in [5, 5.41) is 13.3. The molecule has 94 valence electrons. The van der Waals surface area contributed by atoms with E-state index < -0.39 is 11.7 Å². The number of halogens is 2. The molecule has 1 aromatic carbocycles. The maximum atomic E-state index is 13.5. The largest absolute Gasteiger partial charge is 0.345 e. The molecule has 1 aromatic heterocycles. The first kappa shape index (κ1) is 12.4. The Morgan fingerprint density at radius 2 is 2.33 bits per heavy atom. The van der Waals surface area contributed by atoms with Crippen LogP contribution >= 0.6 is 11.6 Å². The van der Waals surface area contributed by atoms with E-state index in [1.807, 2.05) is 0 Å². The summed E-state index contributed by atoms with van der Waals surface area (Å²) in [5.74, 6) is -0.826. The van der Waals surface area contributed by atoms with E-state index in [0.717, 1.165) is 0 Å². The van der Waals surface area contributed by atoms with Gasteiger partial charge in [0.15, 0.2) is 5.82 Å². The summed E-state index contributed by atoms with van der Waals surface area (Å²) in [4.78, 5) is 11.8. The Kier molecular flexibility index (Phi) is 3.52. The van der Waals surface area contributed by atoms with Gasteiger partial charge in [-0.15, -0.1) is 5.10 Å². The number of benzene rings is 1. The maximum Gasteiger partial charge on any atom is 0.256 e. The standard InChI is InChI=1S/C10H9ClFN5O/c1-17-8(14-15-16-17)5-13-10(18)9-6(11)3-2-4-7(9)12/h2-4H,5H2,1H3,(H,13,18). The Balaban J connectivity index is 2.11. The molecule has 6 nitrogen and oxygen atoms in total. The predicted octanol–water partition coefficient (Wildman–Crippen LogP) is 0.933. The molecular weight excluding hydrogens is 261 g/mol. The molecule has 0 aliphatic heterocycles. The molecule has 18 heavy (non-hydrogen) atoms. The van der Waals surface area contributed by atoms with Gasteiger partial charge in [0.25, 0.3) is 5.91 Å². The fourth-order valence-corrected chi connectivity index (χ4v) is 1.61. The van der Waals surface area contributed by atoms with Gasteiger partial charge in [-0.25, -0.2) is 9.07 Å². The second-order valence-electron chi connectivity index (χ2n) is 3.50. The minimum absolute atomic E-state index is 0.0589. The van der Waals surface area contributed by atoms with E-state index in [1.165, 1.54) is 22.9 Å². The Hall–Kier alpha value is -2.02. The van der Waals surface area contributed by atoms with Crippen molar-refractivity contribution < 1.29 is 9.18 Å². The highest BCUT2D eigenvalue weighted by Crippen LogP contribution is 2.18. The molecule has 0 atom stereocenters. The number of hydrogen-bond donors (Lipinski definition) is 1. The molecule has 0 saturated carbocycles. The monoisotopic (exact) mass is 269 g/mol. The highest BCUT2D eigenvalue weighted by molar-refractivity contribution is 6.33. The van der Waals surface area contributed by atoms with Crippen LogP contribution in [0.15, 0.2) is 18.2 Å². The minimum atomic E-state index is -0.670. The molecule has 1 N–H and O–H groups in total. The fraction of sp³-hybridized carbons (Fsp3) is 0.200. The second kappa shape index (κ2) is 5.09. The van der Waals surface area contributed by atoms with E-state index in [0.29, 0.717) is 5.82 Å². The number of carbonyl (C=O) groups is 1. The van der Waals surface area contributed by atoms with Crippen LogP contribution in [-0.2, 0) is 13.6 Å². The zero-order valence-electron chi connectivity index (χ0n) is 9.39. The normalized spacial score (nSPS) is 10.4. The Bertz CT molecular complexity index is 565. The fourth-order valence-electron chi connectivity index (χ4n) is 1.36. The minimum Gasteiger partial charge on any atom is -0.345 e. The number of amides is 1. The van der Waals surface area contributed by atoms with Crippen LogP contribution in [0.25, 0.3) is 0 Å². The molecule has 0 aliphatic rings. The SMILES string of the molecule is Cn1nnnc1CNC(=O)c1c(F)cccc1Cl. The average molecular weight is 270 g/mol. The van der Waals surface area contributed by atoms with Crippen molar-refractivity contribution in [1.82, 2.24) is 25.5 Å². The molecule has 8 heteroatoms. The van der Waals surface area contributed by atoms with Gasteiger partial charge in [-0.3, -0.25) is 4.79 Å². The third-order valence-electron chi connectivity index (χ3n) is 2.30. The number of carbonyl (C=O) groups excluding carboxylic acids is 1. The maximum absolute atomic E-state index is 13.5. The van der Waals surface area contributed by atoms with E-state index in [2.05, 4.69) is 20.8 Å². The van der Waals surface area contributed by atoms with Gasteiger partial charge < -0.3 is 5.32 Å². The first-order valence-electron chi connectivity index (χ1n) is 5.03. The lowest BCUT2D eigenvalue weighted by molar-refractivity contribution is 0.0945. The second-order valence-corrected chi connectivity index (χ2v) is 3.91. The topological polar surface area (TPSA) is 72.7 Å². The van der Waals surface area contributed by atoms with Gasteiger partial charge in [-0.2, -0.15) is 0 Å². The molecule has 2 aromatic rings. The zero-order valence-corrected chi connectivity index (χ0v) is 10.1. The van der Waals surface area contributed by atoms with Crippen LogP contribution in [0.5, 0.6) is 0 Å². The van der Waals surface area contributed by atoms with Crippen molar-refractivity contribution >= 4 is 17.5 Å². The van der Waals surface area contributed by atoms with E-state index in [9.17, 15) is 9.18 Å². The van der Waals surface area contributed by atoms with Gasteiger partial charge in [-0.1, -0.05) is 17.7 Å². The zero-order chi connectivity index (χ0) is 13.1. The number of hydrogen-bond acceptors (Lipinski definition) is 4. The Morgan fingerprint density at radius 3 is 2.94 bits per heavy atom. The number of nitrogens with one attached hydrogen (secondary N) is 1. The van der Waals surface area contributed by atoms with Crippen LogP contribution in [0.4, 0.5) is 4.39 Å². The molecule has 1 amide bonds. The van der Waals surface area contributed by atoms with Crippen LogP contribution in [0.2, 0.25) is 5.02 Å². The quantitative estimate of drug-likeness (QED) is 0.900. The Labute approximate surface area is 107 Å². The summed E-state index contributed by atoms with van der Waals surface area (Å²) >= 11 is 5.77. The van der Waals surface area contributed by atoms with Crippen molar-refractivity contribution in [2.75, 3.05) is 0 Å². The van der Waals surface area contributed by atoms with Crippen molar-refractivity contribution in [3.05, 3.63) is 40.4 Å². The summed E-state index contributed by atoms with van der Waals surface area (Å²) in [6.45, 7) is 0.0903. The Morgan fingerprint density at radius 1 is 1.56 bits per heavy atom. The lowest BCUT2D eigenvalue weighted by Crippen LogP contribution is -2.25. The molecule has 0 spiro atoms. The average Bonchev–Trinajstić information content (AvgIpc) is 2.72. The number of rotatable bonds is 3. The third-order valence-corrected chi connectivity index (χ3v) is 2.62. The lowest BCUT2D eigenvalue weighted by Gasteiger charge is -2.06. The van der Waals surface area contributed by atoms with Gasteiger partial charge in [-0.05, 0) is 22.6 Å². The molecule has 0 unspecified atom stereocenters. The smallest absolute Gasteiger partial charge is 0.256 e. The van der Waals surface area contributed by atoms with Gasteiger partial charge >= 0.3 is 0 Å². The van der Waals surface area contributed by atoms with Crippen LogP contribution < -0.4 is 5.32 Å². The number of tetrazole rings is 1. The first-order chi connectivity index (χ1) is 8.59. The summed E-state index contributed by atoms with van der Waals surface area (Å²) in [6, 6.07) is 4.05. The summed E-state index contributed by atoms with van der Waals surface area (Å²) in [5.41, 5.74) is -0.186. The molecule has 2 rings (SSSR count).